The van der Waals surface area contributed by atoms with Crippen LogP contribution >= 0.6 is 23.2 Å². The zero-order valence-corrected chi connectivity index (χ0v) is 11.3. The first kappa shape index (κ1) is 14.8. The monoisotopic (exact) mass is 290 g/mol. The Morgan fingerprint density at radius 2 is 1.94 bits per heavy atom. The van der Waals surface area contributed by atoms with Crippen molar-refractivity contribution in [2.45, 2.75) is 0 Å². The number of hydrogen-bond acceptors (Lipinski definition) is 3. The first-order valence-electron chi connectivity index (χ1n) is 4.98. The number of amides is 1. The first-order valence-corrected chi connectivity index (χ1v) is 5.73. The number of carbonyl (C=O) groups is 2. The predicted octanol–water partition coefficient (Wildman–Crippen LogP) is 2.19. The van der Waals surface area contributed by atoms with Gasteiger partial charge in [0.2, 0.25) is 5.91 Å². The van der Waals surface area contributed by atoms with Gasteiger partial charge in [-0.1, -0.05) is 23.2 Å². The first-order chi connectivity index (χ1) is 8.31. The van der Waals surface area contributed by atoms with Gasteiger partial charge in [0, 0.05) is 5.02 Å². The Labute approximate surface area is 114 Å². The van der Waals surface area contributed by atoms with Crippen molar-refractivity contribution in [1.29, 1.82) is 0 Å². The lowest BCUT2D eigenvalue weighted by Crippen LogP contribution is -2.27. The van der Waals surface area contributed by atoms with Crippen LogP contribution in [0.4, 0.5) is 5.69 Å². The average Bonchev–Trinajstić information content (AvgIpc) is 2.20. The maximum atomic E-state index is 11.6. The molecule has 0 aromatic heterocycles. The molecule has 0 aliphatic rings. The molecular formula is C11H12Cl2N2O3. The van der Waals surface area contributed by atoms with Crippen molar-refractivity contribution in [3.63, 3.8) is 0 Å². The van der Waals surface area contributed by atoms with E-state index >= 15 is 0 Å². The number of aromatic carboxylic acids is 1. The Morgan fingerprint density at radius 1 is 1.33 bits per heavy atom. The summed E-state index contributed by atoms with van der Waals surface area (Å²) in [5.74, 6) is -1.56. The Kier molecular flexibility index (Phi) is 4.95. The maximum absolute atomic E-state index is 11.6. The molecule has 0 bridgehead atoms. The van der Waals surface area contributed by atoms with Crippen LogP contribution in [0.15, 0.2) is 12.1 Å². The lowest BCUT2D eigenvalue weighted by atomic mass is 10.1. The molecule has 0 spiro atoms. The van der Waals surface area contributed by atoms with Gasteiger partial charge in [0.05, 0.1) is 22.8 Å². The highest BCUT2D eigenvalue weighted by Crippen LogP contribution is 2.30. The van der Waals surface area contributed by atoms with E-state index in [4.69, 9.17) is 28.3 Å². The molecular weight excluding hydrogens is 279 g/mol. The third kappa shape index (κ3) is 3.87. The minimum absolute atomic E-state index is 0.0559. The largest absolute Gasteiger partial charge is 0.478 e. The van der Waals surface area contributed by atoms with Crippen LogP contribution in [-0.2, 0) is 4.79 Å². The molecule has 1 aromatic carbocycles. The number of nitrogens with one attached hydrogen (secondary N) is 1. The molecule has 1 rings (SSSR count). The molecule has 98 valence electrons. The summed E-state index contributed by atoms with van der Waals surface area (Å²) in [6, 6.07) is 2.61. The van der Waals surface area contributed by atoms with Crippen molar-refractivity contribution in [1.82, 2.24) is 4.90 Å². The molecule has 0 heterocycles. The van der Waals surface area contributed by atoms with E-state index in [0.717, 1.165) is 0 Å². The molecule has 1 amide bonds. The summed E-state index contributed by atoms with van der Waals surface area (Å²) in [6.45, 7) is 0.123. The van der Waals surface area contributed by atoms with Gasteiger partial charge in [0.1, 0.15) is 0 Å². The molecule has 5 nitrogen and oxygen atoms in total. The lowest BCUT2D eigenvalue weighted by Gasteiger charge is -2.13. The van der Waals surface area contributed by atoms with Gasteiger partial charge in [-0.25, -0.2) is 4.79 Å². The number of nitrogens with zero attached hydrogens (tertiary/aromatic N) is 1. The summed E-state index contributed by atoms with van der Waals surface area (Å²) in [6.07, 6.45) is 0. The Bertz CT molecular complexity index is 489. The minimum Gasteiger partial charge on any atom is -0.478 e. The van der Waals surface area contributed by atoms with E-state index in [1.165, 1.54) is 12.1 Å². The fraction of sp³-hybridized carbons (Fsp3) is 0.273. The number of carbonyl (C=O) groups excluding carboxylic acids is 1. The van der Waals surface area contributed by atoms with Crippen molar-refractivity contribution in [3.8, 4) is 0 Å². The van der Waals surface area contributed by atoms with Gasteiger partial charge < -0.3 is 15.3 Å². The van der Waals surface area contributed by atoms with Crippen molar-refractivity contribution < 1.29 is 14.7 Å². The fourth-order valence-electron chi connectivity index (χ4n) is 1.34. The molecule has 1 aromatic rings. The van der Waals surface area contributed by atoms with E-state index in [1.54, 1.807) is 19.0 Å². The highest BCUT2D eigenvalue weighted by atomic mass is 35.5. The highest BCUT2D eigenvalue weighted by molar-refractivity contribution is 6.37. The Hall–Kier alpha value is -1.30. The number of hydrogen-bond donors (Lipinski definition) is 2. The second-order valence-corrected chi connectivity index (χ2v) is 4.74. The number of benzene rings is 1. The molecule has 7 heteroatoms. The van der Waals surface area contributed by atoms with Crippen LogP contribution in [0.5, 0.6) is 0 Å². The standard InChI is InChI=1S/C11H12Cl2N2O3/c1-15(2)5-9(16)14-10-7(11(17)18)3-6(12)4-8(10)13/h3-4H,5H2,1-2H3,(H,14,16)(H,17,18). The molecule has 0 fully saturated rings. The van der Waals surface area contributed by atoms with E-state index in [9.17, 15) is 9.59 Å². The number of likely N-dealkylation sites (N-methyl/N-ethyl adjacent to an activating group) is 1. The van der Waals surface area contributed by atoms with E-state index in [1.807, 2.05) is 0 Å². The van der Waals surface area contributed by atoms with Gasteiger partial charge >= 0.3 is 5.97 Å². The summed E-state index contributed by atoms with van der Waals surface area (Å²) >= 11 is 11.6. The summed E-state index contributed by atoms with van der Waals surface area (Å²) < 4.78 is 0. The van der Waals surface area contributed by atoms with Crippen LogP contribution in [-0.4, -0.2) is 42.5 Å². The Balaban J connectivity index is 3.07. The molecule has 0 atom stereocenters. The van der Waals surface area contributed by atoms with Gasteiger partial charge in [-0.2, -0.15) is 0 Å². The zero-order valence-electron chi connectivity index (χ0n) is 9.83. The van der Waals surface area contributed by atoms with Crippen molar-refractivity contribution in [2.75, 3.05) is 26.0 Å². The molecule has 0 saturated carbocycles. The van der Waals surface area contributed by atoms with Crippen LogP contribution in [0.1, 0.15) is 10.4 Å². The third-order valence-electron chi connectivity index (χ3n) is 2.01. The van der Waals surface area contributed by atoms with Crippen LogP contribution in [0.3, 0.4) is 0 Å². The number of carboxylic acid groups (broad SMARTS) is 1. The number of carboxylic acids is 1. The average molecular weight is 291 g/mol. The van der Waals surface area contributed by atoms with Gasteiger partial charge in [0.15, 0.2) is 0 Å². The molecule has 18 heavy (non-hydrogen) atoms. The van der Waals surface area contributed by atoms with Crippen molar-refractivity contribution in [2.24, 2.45) is 0 Å². The van der Waals surface area contributed by atoms with Crippen LogP contribution in [0, 0.1) is 0 Å². The van der Waals surface area contributed by atoms with E-state index in [0.29, 0.717) is 0 Å². The fourth-order valence-corrected chi connectivity index (χ4v) is 1.88. The minimum atomic E-state index is -1.21. The summed E-state index contributed by atoms with van der Waals surface area (Å²) in [5, 5.41) is 11.8. The lowest BCUT2D eigenvalue weighted by molar-refractivity contribution is -0.116. The number of rotatable bonds is 4. The molecule has 0 radical (unpaired) electrons. The van der Waals surface area contributed by atoms with E-state index in [-0.39, 0.29) is 33.7 Å². The van der Waals surface area contributed by atoms with Crippen LogP contribution in [0.25, 0.3) is 0 Å². The zero-order chi connectivity index (χ0) is 13.9. The topological polar surface area (TPSA) is 69.6 Å². The molecule has 0 saturated heterocycles. The third-order valence-corrected chi connectivity index (χ3v) is 2.53. The smallest absolute Gasteiger partial charge is 0.337 e. The molecule has 0 aliphatic carbocycles. The number of anilines is 1. The van der Waals surface area contributed by atoms with Gasteiger partial charge in [-0.05, 0) is 26.2 Å². The van der Waals surface area contributed by atoms with Gasteiger partial charge in [-0.3, -0.25) is 4.79 Å². The summed E-state index contributed by atoms with van der Waals surface area (Å²) in [7, 11) is 3.45. The maximum Gasteiger partial charge on any atom is 0.337 e. The van der Waals surface area contributed by atoms with E-state index in [2.05, 4.69) is 5.32 Å². The normalized spacial score (nSPS) is 10.5. The summed E-state index contributed by atoms with van der Waals surface area (Å²) in [4.78, 5) is 24.3. The Morgan fingerprint density at radius 3 is 2.44 bits per heavy atom. The van der Waals surface area contributed by atoms with Crippen molar-refractivity contribution >= 4 is 40.8 Å². The van der Waals surface area contributed by atoms with Gasteiger partial charge in [0.25, 0.3) is 0 Å². The highest BCUT2D eigenvalue weighted by Gasteiger charge is 2.17. The van der Waals surface area contributed by atoms with Crippen LogP contribution in [0.2, 0.25) is 10.0 Å². The quantitative estimate of drug-likeness (QED) is 0.892. The molecule has 0 unspecified atom stereocenters. The summed E-state index contributed by atoms with van der Waals surface area (Å²) in [5.41, 5.74) is -0.0833. The van der Waals surface area contributed by atoms with E-state index < -0.39 is 5.97 Å². The van der Waals surface area contributed by atoms with Gasteiger partial charge in [-0.15, -0.1) is 0 Å². The second-order valence-electron chi connectivity index (χ2n) is 3.90. The second kappa shape index (κ2) is 6.04. The van der Waals surface area contributed by atoms with Crippen molar-refractivity contribution in [3.05, 3.63) is 27.7 Å². The SMILES string of the molecule is CN(C)CC(=O)Nc1c(Cl)cc(Cl)cc1C(=O)O. The van der Waals surface area contributed by atoms with Crippen LogP contribution < -0.4 is 5.32 Å². The molecule has 2 N–H and O–H groups in total. The predicted molar refractivity (Wildman–Crippen MR) is 70.6 cm³/mol. The molecule has 0 aliphatic heterocycles. The number of halogens is 2.